The number of aromatic nitrogens is 3. The lowest BCUT2D eigenvalue weighted by Crippen LogP contribution is -2.46. The SMILES string of the molecule is CCCn1c(=O)c(=N)n(C(=N)C2(C3CC3)CC2)c2ncc(C)cc21. The van der Waals surface area contributed by atoms with E-state index in [1.54, 1.807) is 10.8 Å². The van der Waals surface area contributed by atoms with Gasteiger partial charge in [-0.1, -0.05) is 6.92 Å². The van der Waals surface area contributed by atoms with Gasteiger partial charge < -0.3 is 4.57 Å². The van der Waals surface area contributed by atoms with Crippen molar-refractivity contribution in [2.24, 2.45) is 11.3 Å². The van der Waals surface area contributed by atoms with Crippen molar-refractivity contribution < 1.29 is 0 Å². The van der Waals surface area contributed by atoms with Crippen molar-refractivity contribution in [3.63, 3.8) is 0 Å². The Morgan fingerprint density at radius 1 is 1.42 bits per heavy atom. The molecule has 126 valence electrons. The molecule has 0 radical (unpaired) electrons. The van der Waals surface area contributed by atoms with Crippen LogP contribution in [0.3, 0.4) is 0 Å². The van der Waals surface area contributed by atoms with Crippen molar-refractivity contribution in [1.82, 2.24) is 14.1 Å². The van der Waals surface area contributed by atoms with Crippen molar-refractivity contribution in [1.29, 1.82) is 10.8 Å². The van der Waals surface area contributed by atoms with Crippen LogP contribution in [-0.2, 0) is 6.54 Å². The van der Waals surface area contributed by atoms with Gasteiger partial charge in [-0.3, -0.25) is 20.2 Å². The third kappa shape index (κ3) is 2.08. The lowest BCUT2D eigenvalue weighted by atomic mass is 9.98. The fourth-order valence-electron chi connectivity index (χ4n) is 3.85. The lowest BCUT2D eigenvalue weighted by molar-refractivity contribution is 0.570. The molecule has 0 amide bonds. The molecule has 24 heavy (non-hydrogen) atoms. The lowest BCUT2D eigenvalue weighted by Gasteiger charge is -2.21. The van der Waals surface area contributed by atoms with Gasteiger partial charge >= 0.3 is 0 Å². The summed E-state index contributed by atoms with van der Waals surface area (Å²) in [5.74, 6) is 0.951. The molecule has 0 saturated heterocycles. The first-order valence-electron chi connectivity index (χ1n) is 8.76. The van der Waals surface area contributed by atoms with Gasteiger partial charge in [0.05, 0.1) is 5.52 Å². The van der Waals surface area contributed by atoms with Gasteiger partial charge in [-0.25, -0.2) is 4.98 Å². The second-order valence-corrected chi connectivity index (χ2v) is 7.28. The van der Waals surface area contributed by atoms with E-state index in [9.17, 15) is 4.79 Å². The second kappa shape index (κ2) is 5.13. The number of pyridine rings is 1. The predicted octanol–water partition coefficient (Wildman–Crippen LogP) is 2.41. The first-order chi connectivity index (χ1) is 11.5. The first kappa shape index (κ1) is 15.3. The minimum atomic E-state index is -0.326. The second-order valence-electron chi connectivity index (χ2n) is 7.28. The summed E-state index contributed by atoms with van der Waals surface area (Å²) in [5.41, 5.74) is 1.69. The van der Waals surface area contributed by atoms with Crippen LogP contribution in [0.25, 0.3) is 11.2 Å². The van der Waals surface area contributed by atoms with E-state index in [1.807, 2.05) is 19.9 Å². The Balaban J connectivity index is 2.01. The van der Waals surface area contributed by atoms with Crippen LogP contribution in [0.1, 0.15) is 44.6 Å². The van der Waals surface area contributed by atoms with Gasteiger partial charge in [0.25, 0.3) is 5.56 Å². The van der Waals surface area contributed by atoms with Crippen LogP contribution in [0.15, 0.2) is 17.1 Å². The minimum Gasteiger partial charge on any atom is -0.302 e. The first-order valence-corrected chi connectivity index (χ1v) is 8.76. The molecule has 0 unspecified atom stereocenters. The van der Waals surface area contributed by atoms with Crippen molar-refractivity contribution in [2.45, 2.75) is 52.5 Å². The number of hydrogen-bond donors (Lipinski definition) is 2. The molecule has 2 N–H and O–H groups in total. The van der Waals surface area contributed by atoms with E-state index in [-0.39, 0.29) is 16.5 Å². The maximum atomic E-state index is 12.8. The molecule has 2 saturated carbocycles. The highest BCUT2D eigenvalue weighted by Gasteiger charge is 2.57. The molecule has 2 aromatic rings. The number of aryl methyl sites for hydroxylation is 2. The predicted molar refractivity (Wildman–Crippen MR) is 92.4 cm³/mol. The topological polar surface area (TPSA) is 87.5 Å². The zero-order valence-corrected chi connectivity index (χ0v) is 14.2. The average molecular weight is 325 g/mol. The molecule has 2 aliphatic rings. The Morgan fingerprint density at radius 2 is 2.12 bits per heavy atom. The molecule has 2 aliphatic carbocycles. The molecule has 4 rings (SSSR count). The van der Waals surface area contributed by atoms with Gasteiger partial charge in [-0.15, -0.1) is 0 Å². The summed E-state index contributed by atoms with van der Waals surface area (Å²) in [6.07, 6.45) is 6.88. The summed E-state index contributed by atoms with van der Waals surface area (Å²) < 4.78 is 3.15. The van der Waals surface area contributed by atoms with Crippen LogP contribution >= 0.6 is 0 Å². The molecule has 2 aromatic heterocycles. The van der Waals surface area contributed by atoms with Crippen LogP contribution in [0.2, 0.25) is 0 Å². The molecular weight excluding hydrogens is 302 g/mol. The zero-order chi connectivity index (χ0) is 17.1. The molecule has 2 heterocycles. The van der Waals surface area contributed by atoms with Gasteiger partial charge in [0.1, 0.15) is 5.84 Å². The quantitative estimate of drug-likeness (QED) is 0.668. The molecule has 0 spiro atoms. The van der Waals surface area contributed by atoms with E-state index < -0.39 is 0 Å². The fourth-order valence-corrected chi connectivity index (χ4v) is 3.85. The molecule has 0 aliphatic heterocycles. The van der Waals surface area contributed by atoms with E-state index >= 15 is 0 Å². The van der Waals surface area contributed by atoms with Gasteiger partial charge in [-0.05, 0) is 56.6 Å². The summed E-state index contributed by atoms with van der Waals surface area (Å²) >= 11 is 0. The van der Waals surface area contributed by atoms with Crippen LogP contribution < -0.4 is 11.0 Å². The summed E-state index contributed by atoms with van der Waals surface area (Å²) in [4.78, 5) is 17.3. The standard InChI is InChI=1S/C18H23N5O/c1-3-8-22-13-9-11(2)10-21-15(13)23(14(19)16(22)24)17(20)18(6-7-18)12-4-5-12/h9-10,12,19-20H,3-8H2,1-2H3. The summed E-state index contributed by atoms with van der Waals surface area (Å²) in [6, 6.07) is 1.94. The van der Waals surface area contributed by atoms with Gasteiger partial charge in [0.15, 0.2) is 11.1 Å². The Hall–Kier alpha value is -2.24. The molecule has 2 fully saturated rings. The number of nitrogens with zero attached hydrogens (tertiary/aromatic N) is 3. The normalized spacial score (nSPS) is 18.8. The van der Waals surface area contributed by atoms with Crippen molar-refractivity contribution in [2.75, 3.05) is 0 Å². The smallest absolute Gasteiger partial charge is 0.294 e. The van der Waals surface area contributed by atoms with Crippen LogP contribution in [0, 0.1) is 29.1 Å². The Bertz CT molecular complexity index is 960. The molecule has 6 nitrogen and oxygen atoms in total. The number of rotatable bonds is 4. The van der Waals surface area contributed by atoms with Crippen LogP contribution in [-0.4, -0.2) is 20.0 Å². The molecule has 0 bridgehead atoms. The Morgan fingerprint density at radius 3 is 2.71 bits per heavy atom. The van der Waals surface area contributed by atoms with Gasteiger partial charge in [0, 0.05) is 18.2 Å². The van der Waals surface area contributed by atoms with E-state index in [0.717, 1.165) is 43.2 Å². The van der Waals surface area contributed by atoms with E-state index in [4.69, 9.17) is 10.8 Å². The van der Waals surface area contributed by atoms with Crippen molar-refractivity contribution >= 4 is 17.0 Å². The summed E-state index contributed by atoms with van der Waals surface area (Å²) in [6.45, 7) is 4.53. The highest BCUT2D eigenvalue weighted by molar-refractivity contribution is 5.95. The Kier molecular flexibility index (Phi) is 3.27. The van der Waals surface area contributed by atoms with Gasteiger partial charge in [0.2, 0.25) is 0 Å². The summed E-state index contributed by atoms with van der Waals surface area (Å²) in [5, 5.41) is 17.2. The summed E-state index contributed by atoms with van der Waals surface area (Å²) in [7, 11) is 0. The van der Waals surface area contributed by atoms with Crippen molar-refractivity contribution in [3.8, 4) is 0 Å². The maximum absolute atomic E-state index is 12.8. The van der Waals surface area contributed by atoms with E-state index in [0.29, 0.717) is 23.9 Å². The fraction of sp³-hybridized carbons (Fsp3) is 0.556. The highest BCUT2D eigenvalue weighted by atomic mass is 16.1. The zero-order valence-electron chi connectivity index (χ0n) is 14.2. The molecule has 6 heteroatoms. The minimum absolute atomic E-state index is 0.122. The number of nitrogens with one attached hydrogen (secondary N) is 2. The maximum Gasteiger partial charge on any atom is 0.294 e. The van der Waals surface area contributed by atoms with Crippen LogP contribution in [0.5, 0.6) is 0 Å². The largest absolute Gasteiger partial charge is 0.302 e. The molecule has 0 aromatic carbocycles. The van der Waals surface area contributed by atoms with Crippen LogP contribution in [0.4, 0.5) is 0 Å². The third-order valence-electron chi connectivity index (χ3n) is 5.45. The van der Waals surface area contributed by atoms with E-state index in [2.05, 4.69) is 4.98 Å². The third-order valence-corrected chi connectivity index (χ3v) is 5.45. The number of fused-ring (bicyclic) bond motifs is 1. The molecule has 0 atom stereocenters. The number of hydrogen-bond acceptors (Lipinski definition) is 4. The average Bonchev–Trinajstić information content (AvgIpc) is 3.44. The van der Waals surface area contributed by atoms with Gasteiger partial charge in [-0.2, -0.15) is 0 Å². The van der Waals surface area contributed by atoms with Crippen molar-refractivity contribution in [3.05, 3.63) is 33.7 Å². The highest BCUT2D eigenvalue weighted by Crippen LogP contribution is 2.62. The van der Waals surface area contributed by atoms with E-state index in [1.165, 1.54) is 4.57 Å². The Labute approximate surface area is 140 Å². The molecular formula is C18H23N5O. The monoisotopic (exact) mass is 325 g/mol.